The van der Waals surface area contributed by atoms with E-state index in [0.717, 1.165) is 0 Å². The zero-order chi connectivity index (χ0) is 12.1. The Labute approximate surface area is 91.3 Å². The van der Waals surface area contributed by atoms with Crippen molar-refractivity contribution in [2.45, 2.75) is 0 Å². The number of carboxylic acids is 1. The van der Waals surface area contributed by atoms with Crippen LogP contribution >= 0.6 is 0 Å². The summed E-state index contributed by atoms with van der Waals surface area (Å²) in [4.78, 5) is 21.3. The minimum atomic E-state index is -1.69. The zero-order valence-electron chi connectivity index (χ0n) is 8.72. The number of hydrogen-bond donors (Lipinski definition) is 1. The molecule has 0 heterocycles. The van der Waals surface area contributed by atoms with E-state index in [-0.39, 0.29) is 17.2 Å². The Hall–Kier alpha value is -2.24. The van der Waals surface area contributed by atoms with Crippen molar-refractivity contribution in [3.8, 4) is 17.2 Å². The minimum absolute atomic E-state index is 0.0556. The maximum Gasteiger partial charge on any atom is 0.422 e. The van der Waals surface area contributed by atoms with E-state index < -0.39 is 11.9 Å². The lowest BCUT2D eigenvalue weighted by Crippen LogP contribution is -2.19. The molecule has 1 aromatic carbocycles. The normalized spacial score (nSPS) is 9.38. The molecule has 0 spiro atoms. The average Bonchev–Trinajstić information content (AvgIpc) is 2.29. The molecule has 0 aliphatic heterocycles. The highest BCUT2D eigenvalue weighted by Crippen LogP contribution is 2.36. The highest BCUT2D eigenvalue weighted by Gasteiger charge is 2.20. The highest BCUT2D eigenvalue weighted by molar-refractivity contribution is 6.29. The first-order valence-electron chi connectivity index (χ1n) is 4.26. The summed E-state index contributed by atoms with van der Waals surface area (Å²) in [7, 11) is 2.74. The van der Waals surface area contributed by atoms with Crippen LogP contribution in [0.15, 0.2) is 18.2 Å². The van der Waals surface area contributed by atoms with Crippen molar-refractivity contribution < 1.29 is 28.9 Å². The average molecular weight is 226 g/mol. The Balaban J connectivity index is 3.09. The van der Waals surface area contributed by atoms with Gasteiger partial charge >= 0.3 is 11.9 Å². The molecule has 0 saturated carbocycles. The molecule has 6 nitrogen and oxygen atoms in total. The highest BCUT2D eigenvalue weighted by atomic mass is 16.6. The van der Waals surface area contributed by atoms with Crippen LogP contribution in [0.4, 0.5) is 0 Å². The first-order chi connectivity index (χ1) is 7.60. The number of methoxy groups -OCH3 is 2. The van der Waals surface area contributed by atoms with Gasteiger partial charge in [0.2, 0.25) is 5.75 Å². The van der Waals surface area contributed by atoms with Crippen molar-refractivity contribution in [3.05, 3.63) is 18.2 Å². The van der Waals surface area contributed by atoms with Crippen molar-refractivity contribution in [1.29, 1.82) is 0 Å². The largest absolute Gasteiger partial charge is 0.493 e. The maximum atomic E-state index is 10.9. The first-order valence-corrected chi connectivity index (χ1v) is 4.26. The third-order valence-corrected chi connectivity index (χ3v) is 1.75. The smallest absolute Gasteiger partial charge is 0.422 e. The summed E-state index contributed by atoms with van der Waals surface area (Å²) in [5.74, 6) is -2.71. The van der Waals surface area contributed by atoms with Crippen LogP contribution in [-0.4, -0.2) is 31.3 Å². The van der Waals surface area contributed by atoms with Crippen molar-refractivity contribution in [1.82, 2.24) is 0 Å². The molecule has 6 heteroatoms. The Morgan fingerprint density at radius 1 is 1.12 bits per heavy atom. The van der Waals surface area contributed by atoms with E-state index in [9.17, 15) is 9.59 Å². The van der Waals surface area contributed by atoms with E-state index in [0.29, 0.717) is 0 Å². The molecule has 0 amide bonds. The van der Waals surface area contributed by atoms with Gasteiger partial charge in [-0.25, -0.2) is 9.59 Å². The Morgan fingerprint density at radius 3 is 2.00 bits per heavy atom. The summed E-state index contributed by atoms with van der Waals surface area (Å²) in [6, 6.07) is 4.66. The van der Waals surface area contributed by atoms with E-state index in [1.165, 1.54) is 26.4 Å². The van der Waals surface area contributed by atoms with E-state index in [1.807, 2.05) is 0 Å². The second-order valence-corrected chi connectivity index (χ2v) is 2.69. The number of para-hydroxylation sites is 1. The molecule has 16 heavy (non-hydrogen) atoms. The fraction of sp³-hybridized carbons (Fsp3) is 0.200. The standard InChI is InChI=1S/C10H10O6/c1-14-6-4-3-5-7(15-2)8(6)16-10(13)9(11)12/h3-5H,1-2H3,(H,11,12). The number of aliphatic carboxylic acids is 1. The van der Waals surface area contributed by atoms with Gasteiger partial charge in [0.25, 0.3) is 0 Å². The van der Waals surface area contributed by atoms with Crippen LogP contribution in [-0.2, 0) is 9.59 Å². The van der Waals surface area contributed by atoms with Crippen molar-refractivity contribution in [3.63, 3.8) is 0 Å². The molecule has 0 fully saturated rings. The molecular weight excluding hydrogens is 216 g/mol. The summed E-state index contributed by atoms with van der Waals surface area (Å²) in [6.45, 7) is 0. The fourth-order valence-corrected chi connectivity index (χ4v) is 1.05. The number of esters is 1. The van der Waals surface area contributed by atoms with E-state index in [4.69, 9.17) is 14.6 Å². The molecule has 1 rings (SSSR count). The molecule has 1 aromatic rings. The summed E-state index contributed by atoms with van der Waals surface area (Å²) in [5.41, 5.74) is 0. The van der Waals surface area contributed by atoms with Gasteiger partial charge < -0.3 is 19.3 Å². The van der Waals surface area contributed by atoms with Gasteiger partial charge in [-0.3, -0.25) is 0 Å². The molecule has 0 saturated heterocycles. The number of carbonyl (C=O) groups is 2. The number of carbonyl (C=O) groups excluding carboxylic acids is 1. The summed E-state index contributed by atoms with van der Waals surface area (Å²) < 4.78 is 14.5. The van der Waals surface area contributed by atoms with Crippen LogP contribution in [0.1, 0.15) is 0 Å². The Kier molecular flexibility index (Phi) is 3.71. The van der Waals surface area contributed by atoms with Crippen LogP contribution in [0.25, 0.3) is 0 Å². The van der Waals surface area contributed by atoms with Gasteiger partial charge in [-0.2, -0.15) is 0 Å². The predicted octanol–water partition coefficient (Wildman–Crippen LogP) is 0.694. The second-order valence-electron chi connectivity index (χ2n) is 2.69. The van der Waals surface area contributed by atoms with Gasteiger partial charge in [-0.05, 0) is 12.1 Å². The van der Waals surface area contributed by atoms with Crippen molar-refractivity contribution in [2.75, 3.05) is 14.2 Å². The minimum Gasteiger partial charge on any atom is -0.493 e. The van der Waals surface area contributed by atoms with Gasteiger partial charge in [0, 0.05) is 0 Å². The van der Waals surface area contributed by atoms with Crippen LogP contribution < -0.4 is 14.2 Å². The van der Waals surface area contributed by atoms with E-state index >= 15 is 0 Å². The van der Waals surface area contributed by atoms with Crippen LogP contribution in [0, 0.1) is 0 Å². The Morgan fingerprint density at radius 2 is 1.62 bits per heavy atom. The zero-order valence-corrected chi connectivity index (χ0v) is 8.72. The number of carboxylic acid groups (broad SMARTS) is 1. The number of rotatable bonds is 3. The van der Waals surface area contributed by atoms with Crippen LogP contribution in [0.2, 0.25) is 0 Å². The van der Waals surface area contributed by atoms with Crippen molar-refractivity contribution >= 4 is 11.9 Å². The monoisotopic (exact) mass is 226 g/mol. The molecule has 0 unspecified atom stereocenters. The van der Waals surface area contributed by atoms with Gasteiger partial charge in [0.15, 0.2) is 11.5 Å². The summed E-state index contributed by atoms with van der Waals surface area (Å²) in [6.07, 6.45) is 0. The van der Waals surface area contributed by atoms with Gasteiger partial charge in [0.1, 0.15) is 0 Å². The topological polar surface area (TPSA) is 82.1 Å². The molecule has 0 aliphatic rings. The summed E-state index contributed by atoms with van der Waals surface area (Å²) in [5, 5.41) is 8.41. The fourth-order valence-electron chi connectivity index (χ4n) is 1.05. The molecule has 86 valence electrons. The van der Waals surface area contributed by atoms with E-state index in [2.05, 4.69) is 4.74 Å². The quantitative estimate of drug-likeness (QED) is 0.464. The number of benzene rings is 1. The van der Waals surface area contributed by atoms with Crippen molar-refractivity contribution in [2.24, 2.45) is 0 Å². The molecule has 0 aliphatic carbocycles. The molecule has 0 aromatic heterocycles. The molecule has 0 atom stereocenters. The maximum absolute atomic E-state index is 10.9. The lowest BCUT2D eigenvalue weighted by molar-refractivity contribution is -0.158. The number of ether oxygens (including phenoxy) is 3. The molecule has 1 N–H and O–H groups in total. The SMILES string of the molecule is COc1cccc(OC)c1OC(=O)C(=O)O. The molecule has 0 bridgehead atoms. The van der Waals surface area contributed by atoms with Gasteiger partial charge in [-0.15, -0.1) is 0 Å². The third kappa shape index (κ3) is 2.41. The summed E-state index contributed by atoms with van der Waals surface area (Å²) >= 11 is 0. The van der Waals surface area contributed by atoms with E-state index in [1.54, 1.807) is 6.07 Å². The number of hydrogen-bond acceptors (Lipinski definition) is 5. The van der Waals surface area contributed by atoms with Crippen LogP contribution in [0.3, 0.4) is 0 Å². The predicted molar refractivity (Wildman–Crippen MR) is 52.8 cm³/mol. The lowest BCUT2D eigenvalue weighted by Gasteiger charge is -2.11. The second kappa shape index (κ2) is 5.01. The third-order valence-electron chi connectivity index (χ3n) is 1.75. The lowest BCUT2D eigenvalue weighted by atomic mass is 10.3. The van der Waals surface area contributed by atoms with Gasteiger partial charge in [0.05, 0.1) is 14.2 Å². The first kappa shape index (κ1) is 11.8. The van der Waals surface area contributed by atoms with Crippen LogP contribution in [0.5, 0.6) is 17.2 Å². The Bertz CT molecular complexity index is 390. The molecular formula is C10H10O6. The molecule has 0 radical (unpaired) electrons. The van der Waals surface area contributed by atoms with Gasteiger partial charge in [-0.1, -0.05) is 6.07 Å².